The molecule has 2 rings (SSSR count). The van der Waals surface area contributed by atoms with Crippen LogP contribution in [0.1, 0.15) is 36.9 Å². The van der Waals surface area contributed by atoms with Gasteiger partial charge in [0, 0.05) is 41.1 Å². The summed E-state index contributed by atoms with van der Waals surface area (Å²) in [7, 11) is -0.849. The van der Waals surface area contributed by atoms with Gasteiger partial charge in [-0.05, 0) is 30.4 Å². The Morgan fingerprint density at radius 1 is 1.32 bits per heavy atom. The second-order valence-electron chi connectivity index (χ2n) is 5.06. The molecule has 0 amide bonds. The van der Waals surface area contributed by atoms with Crippen LogP contribution >= 0.6 is 0 Å². The van der Waals surface area contributed by atoms with Crippen molar-refractivity contribution in [2.45, 2.75) is 37.5 Å². The average molecular weight is 281 g/mol. The summed E-state index contributed by atoms with van der Waals surface area (Å²) in [6, 6.07) is 8.20. The molecular weight excluding hydrogens is 258 g/mol. The summed E-state index contributed by atoms with van der Waals surface area (Å²) in [5.41, 5.74) is 8.56. The highest BCUT2D eigenvalue weighted by Crippen LogP contribution is 2.18. The second kappa shape index (κ2) is 7.17. The maximum Gasteiger partial charge on any atom is 0.0477 e. The molecule has 2 N–H and O–H groups in total. The third kappa shape index (κ3) is 4.13. The molecule has 19 heavy (non-hydrogen) atoms. The van der Waals surface area contributed by atoms with Gasteiger partial charge in [-0.25, -0.2) is 0 Å². The van der Waals surface area contributed by atoms with Crippen molar-refractivity contribution < 1.29 is 8.95 Å². The summed E-state index contributed by atoms with van der Waals surface area (Å²) in [6.45, 7) is 3.60. The molecule has 3 nitrogen and oxygen atoms in total. The van der Waals surface area contributed by atoms with Gasteiger partial charge in [-0.3, -0.25) is 4.21 Å². The van der Waals surface area contributed by atoms with Crippen molar-refractivity contribution in [1.29, 1.82) is 0 Å². The Hall–Kier alpha value is -0.710. The van der Waals surface area contributed by atoms with Crippen LogP contribution in [0.5, 0.6) is 0 Å². The molecule has 0 saturated carbocycles. The topological polar surface area (TPSA) is 52.3 Å². The quantitative estimate of drug-likeness (QED) is 0.900. The molecule has 1 heterocycles. The smallest absolute Gasteiger partial charge is 0.0477 e. The minimum Gasteiger partial charge on any atom is -0.381 e. The first-order valence-electron chi connectivity index (χ1n) is 7.00. The highest BCUT2D eigenvalue weighted by molar-refractivity contribution is 7.85. The Morgan fingerprint density at radius 3 is 2.53 bits per heavy atom. The molecule has 2 unspecified atom stereocenters. The zero-order valence-electron chi connectivity index (χ0n) is 11.5. The van der Waals surface area contributed by atoms with E-state index in [-0.39, 0.29) is 11.3 Å². The van der Waals surface area contributed by atoms with Gasteiger partial charge >= 0.3 is 0 Å². The average Bonchev–Trinajstić information content (AvgIpc) is 2.48. The molecule has 106 valence electrons. The molecule has 0 aliphatic carbocycles. The Balaban J connectivity index is 1.91. The zero-order chi connectivity index (χ0) is 13.7. The lowest BCUT2D eigenvalue weighted by molar-refractivity contribution is 0.0992. The number of benzene rings is 1. The van der Waals surface area contributed by atoms with Gasteiger partial charge in [-0.1, -0.05) is 31.2 Å². The van der Waals surface area contributed by atoms with Crippen LogP contribution in [-0.2, 0) is 22.0 Å². The minimum absolute atomic E-state index is 0.130. The van der Waals surface area contributed by atoms with E-state index in [4.69, 9.17) is 10.5 Å². The van der Waals surface area contributed by atoms with Gasteiger partial charge in [-0.2, -0.15) is 0 Å². The molecular formula is C15H23NO2S. The normalized spacial score (nSPS) is 20.1. The van der Waals surface area contributed by atoms with Crippen LogP contribution in [0.3, 0.4) is 0 Å². The van der Waals surface area contributed by atoms with Crippen LogP contribution in [-0.4, -0.2) is 28.4 Å². The van der Waals surface area contributed by atoms with Gasteiger partial charge in [-0.15, -0.1) is 0 Å². The van der Waals surface area contributed by atoms with Gasteiger partial charge in [0.15, 0.2) is 0 Å². The zero-order valence-corrected chi connectivity index (χ0v) is 12.3. The first kappa shape index (κ1) is 14.7. The first-order valence-corrected chi connectivity index (χ1v) is 8.38. The van der Waals surface area contributed by atoms with E-state index in [0.717, 1.165) is 38.0 Å². The molecule has 1 aromatic carbocycles. The number of ether oxygens (including phenoxy) is 1. The van der Waals surface area contributed by atoms with Crippen molar-refractivity contribution in [2.24, 2.45) is 5.73 Å². The fourth-order valence-corrected chi connectivity index (χ4v) is 3.89. The van der Waals surface area contributed by atoms with E-state index in [2.05, 4.69) is 31.2 Å². The van der Waals surface area contributed by atoms with Gasteiger partial charge in [0.25, 0.3) is 0 Å². The fraction of sp³-hybridized carbons (Fsp3) is 0.600. The third-order valence-electron chi connectivity index (χ3n) is 3.70. The second-order valence-corrected chi connectivity index (χ2v) is 6.82. The number of nitrogens with two attached hydrogens (primary N) is 1. The van der Waals surface area contributed by atoms with Crippen molar-refractivity contribution in [3.8, 4) is 0 Å². The van der Waals surface area contributed by atoms with Crippen molar-refractivity contribution in [1.82, 2.24) is 0 Å². The monoisotopic (exact) mass is 281 g/mol. The minimum atomic E-state index is -0.849. The van der Waals surface area contributed by atoms with Crippen molar-refractivity contribution >= 4 is 10.8 Å². The Bertz CT molecular complexity index is 413. The predicted molar refractivity (Wildman–Crippen MR) is 79.6 cm³/mol. The van der Waals surface area contributed by atoms with Crippen molar-refractivity contribution in [3.05, 3.63) is 35.4 Å². The number of hydrogen-bond acceptors (Lipinski definition) is 3. The summed E-state index contributed by atoms with van der Waals surface area (Å²) < 4.78 is 17.6. The molecule has 1 fully saturated rings. The maximum absolute atomic E-state index is 12.3. The van der Waals surface area contributed by atoms with Crippen LogP contribution in [0.2, 0.25) is 0 Å². The van der Waals surface area contributed by atoms with Gasteiger partial charge in [0.05, 0.1) is 0 Å². The highest BCUT2D eigenvalue weighted by atomic mass is 32.2. The van der Waals surface area contributed by atoms with Gasteiger partial charge in [0.1, 0.15) is 0 Å². The molecule has 1 saturated heterocycles. The molecule has 0 spiro atoms. The number of rotatable bonds is 5. The number of hydrogen-bond donors (Lipinski definition) is 1. The van der Waals surface area contributed by atoms with Gasteiger partial charge < -0.3 is 10.5 Å². The van der Waals surface area contributed by atoms with E-state index >= 15 is 0 Å². The Labute approximate surface area is 118 Å². The van der Waals surface area contributed by atoms with Crippen LogP contribution in [0.25, 0.3) is 0 Å². The molecule has 2 atom stereocenters. The standard InChI is InChI=1S/C15H23NO2S/c1-2-12-3-5-13(6-4-12)15(16)11-19(17)14-7-9-18-10-8-14/h3-6,14-15H,2,7-11,16H2,1H3. The lowest BCUT2D eigenvalue weighted by Crippen LogP contribution is -2.30. The highest BCUT2D eigenvalue weighted by Gasteiger charge is 2.22. The SMILES string of the molecule is CCc1ccc(C(N)CS(=O)C2CCOCC2)cc1. The van der Waals surface area contributed by atoms with Crippen molar-refractivity contribution in [3.63, 3.8) is 0 Å². The molecule has 4 heteroatoms. The molecule has 1 aliphatic rings. The van der Waals surface area contributed by atoms with E-state index in [1.807, 2.05) is 0 Å². The predicted octanol–water partition coefficient (Wildman–Crippen LogP) is 2.18. The summed E-state index contributed by atoms with van der Waals surface area (Å²) >= 11 is 0. The lowest BCUT2D eigenvalue weighted by atomic mass is 10.1. The summed E-state index contributed by atoms with van der Waals surface area (Å²) in [5.74, 6) is 0.552. The molecule has 1 aliphatic heterocycles. The van der Waals surface area contributed by atoms with Crippen LogP contribution in [0.4, 0.5) is 0 Å². The van der Waals surface area contributed by atoms with Crippen molar-refractivity contribution in [2.75, 3.05) is 19.0 Å². The van der Waals surface area contributed by atoms with E-state index < -0.39 is 10.8 Å². The van der Waals surface area contributed by atoms with Crippen LogP contribution in [0.15, 0.2) is 24.3 Å². The van der Waals surface area contributed by atoms with E-state index in [1.54, 1.807) is 0 Å². The van der Waals surface area contributed by atoms with Crippen LogP contribution < -0.4 is 5.73 Å². The number of aryl methyl sites for hydroxylation is 1. The summed E-state index contributed by atoms with van der Waals surface area (Å²) in [5, 5.41) is 0.259. The van der Waals surface area contributed by atoms with Gasteiger partial charge in [0.2, 0.25) is 0 Å². The molecule has 1 aromatic rings. The third-order valence-corrected chi connectivity index (χ3v) is 5.60. The van der Waals surface area contributed by atoms with E-state index in [9.17, 15) is 4.21 Å². The largest absolute Gasteiger partial charge is 0.381 e. The van der Waals surface area contributed by atoms with E-state index in [1.165, 1.54) is 5.56 Å². The summed E-state index contributed by atoms with van der Waals surface area (Å²) in [6.07, 6.45) is 2.83. The van der Waals surface area contributed by atoms with E-state index in [0.29, 0.717) is 5.75 Å². The molecule has 0 radical (unpaired) electrons. The van der Waals surface area contributed by atoms with Crippen LogP contribution in [0, 0.1) is 0 Å². The first-order chi connectivity index (χ1) is 9.20. The fourth-order valence-electron chi connectivity index (χ4n) is 2.35. The maximum atomic E-state index is 12.3. The Morgan fingerprint density at radius 2 is 1.95 bits per heavy atom. The summed E-state index contributed by atoms with van der Waals surface area (Å²) in [4.78, 5) is 0. The molecule has 0 bridgehead atoms. The Kier molecular flexibility index (Phi) is 5.55. The molecule has 0 aromatic heterocycles. The lowest BCUT2D eigenvalue weighted by Gasteiger charge is -2.23.